The number of para-hydroxylation sites is 1. The van der Waals surface area contributed by atoms with Crippen LogP contribution in [0.25, 0.3) is 0 Å². The highest BCUT2D eigenvalue weighted by Crippen LogP contribution is 2.22. The number of aliphatic imine (C=N–C) groups is 1. The van der Waals surface area contributed by atoms with Crippen LogP contribution in [0.2, 0.25) is 0 Å². The van der Waals surface area contributed by atoms with Crippen LogP contribution in [0, 0.1) is 5.92 Å². The van der Waals surface area contributed by atoms with Crippen LogP contribution >= 0.6 is 17.0 Å². The predicted molar refractivity (Wildman–Crippen MR) is 121 cm³/mol. The molecule has 1 atom stereocenters. The third-order valence-corrected chi connectivity index (χ3v) is 4.95. The maximum absolute atomic E-state index is 13.0. The van der Waals surface area contributed by atoms with Gasteiger partial charge < -0.3 is 9.64 Å². The SMILES string of the molecule is Br.CCOc1ccc(C(=O)CN(C2=NCCC(C)CC2)c2ccccc2)cc1. The minimum absolute atomic E-state index is 0. The van der Waals surface area contributed by atoms with Crippen molar-refractivity contribution in [1.29, 1.82) is 0 Å². The first-order valence-corrected chi connectivity index (χ1v) is 9.79. The second-order valence-corrected chi connectivity index (χ2v) is 7.03. The molecule has 0 N–H and O–H groups in total. The summed E-state index contributed by atoms with van der Waals surface area (Å²) >= 11 is 0. The molecule has 2 aromatic rings. The van der Waals surface area contributed by atoms with Gasteiger partial charge in [-0.25, -0.2) is 0 Å². The third-order valence-electron chi connectivity index (χ3n) is 4.95. The van der Waals surface area contributed by atoms with E-state index in [9.17, 15) is 4.79 Å². The van der Waals surface area contributed by atoms with Crippen molar-refractivity contribution in [3.05, 3.63) is 60.2 Å². The molecular weight excluding hydrogens is 416 g/mol. The Balaban J connectivity index is 0.00000280. The average molecular weight is 445 g/mol. The molecule has 0 saturated carbocycles. The van der Waals surface area contributed by atoms with Gasteiger partial charge in [0.1, 0.15) is 11.6 Å². The molecule has 28 heavy (non-hydrogen) atoms. The van der Waals surface area contributed by atoms with E-state index in [2.05, 4.69) is 11.8 Å². The lowest BCUT2D eigenvalue weighted by Gasteiger charge is -2.25. The van der Waals surface area contributed by atoms with Crippen molar-refractivity contribution in [3.63, 3.8) is 0 Å². The van der Waals surface area contributed by atoms with E-state index in [0.29, 0.717) is 24.6 Å². The molecule has 1 aliphatic heterocycles. The fourth-order valence-electron chi connectivity index (χ4n) is 3.31. The Bertz CT molecular complexity index is 775. The smallest absolute Gasteiger partial charge is 0.182 e. The number of benzene rings is 2. The Morgan fingerprint density at radius 1 is 1.11 bits per heavy atom. The molecule has 0 amide bonds. The minimum Gasteiger partial charge on any atom is -0.494 e. The number of halogens is 1. The van der Waals surface area contributed by atoms with Gasteiger partial charge in [0, 0.05) is 24.2 Å². The van der Waals surface area contributed by atoms with Gasteiger partial charge in [0.05, 0.1) is 13.2 Å². The van der Waals surface area contributed by atoms with Gasteiger partial charge in [-0.05, 0) is 62.1 Å². The standard InChI is InChI=1S/C23H28N2O2.BrH/c1-3-27-21-12-10-19(11-13-21)22(26)17-25(20-7-5-4-6-8-20)23-14-9-18(2)15-16-24-23;/h4-8,10-13,18H,3,9,14-17H2,1-2H3;1H. The summed E-state index contributed by atoms with van der Waals surface area (Å²) in [6.45, 7) is 5.97. The van der Waals surface area contributed by atoms with Crippen LogP contribution in [0.1, 0.15) is 43.5 Å². The maximum Gasteiger partial charge on any atom is 0.182 e. The molecule has 0 aromatic heterocycles. The van der Waals surface area contributed by atoms with E-state index in [4.69, 9.17) is 9.73 Å². The third kappa shape index (κ3) is 5.93. The molecule has 3 rings (SSSR count). The number of carbonyl (C=O) groups excluding carboxylic acids is 1. The van der Waals surface area contributed by atoms with Crippen LogP contribution in [0.3, 0.4) is 0 Å². The number of hydrogen-bond acceptors (Lipinski definition) is 4. The summed E-state index contributed by atoms with van der Waals surface area (Å²) < 4.78 is 5.47. The van der Waals surface area contributed by atoms with Gasteiger partial charge in [-0.1, -0.05) is 25.1 Å². The Kier molecular flexibility index (Phi) is 8.71. The Labute approximate surface area is 178 Å². The highest BCUT2D eigenvalue weighted by Gasteiger charge is 2.20. The van der Waals surface area contributed by atoms with Crippen molar-refractivity contribution in [1.82, 2.24) is 0 Å². The first-order chi connectivity index (χ1) is 13.2. The number of nitrogens with zero attached hydrogens (tertiary/aromatic N) is 2. The van der Waals surface area contributed by atoms with E-state index in [0.717, 1.165) is 43.1 Å². The summed E-state index contributed by atoms with van der Waals surface area (Å²) in [4.78, 5) is 19.8. The quantitative estimate of drug-likeness (QED) is 0.546. The van der Waals surface area contributed by atoms with Crippen LogP contribution in [-0.4, -0.2) is 31.3 Å². The summed E-state index contributed by atoms with van der Waals surface area (Å²) in [5, 5.41) is 0. The average Bonchev–Trinajstić information content (AvgIpc) is 2.92. The van der Waals surface area contributed by atoms with Crippen molar-refractivity contribution in [3.8, 4) is 5.75 Å². The second kappa shape index (κ2) is 11.0. The van der Waals surface area contributed by atoms with Gasteiger partial charge in [-0.3, -0.25) is 9.79 Å². The van der Waals surface area contributed by atoms with E-state index < -0.39 is 0 Å². The number of rotatable bonds is 6. The molecule has 4 nitrogen and oxygen atoms in total. The summed E-state index contributed by atoms with van der Waals surface area (Å²) in [6.07, 6.45) is 3.13. The van der Waals surface area contributed by atoms with Gasteiger partial charge in [0.25, 0.3) is 0 Å². The van der Waals surface area contributed by atoms with E-state index in [1.54, 1.807) is 0 Å². The Hall–Kier alpha value is -2.14. The first-order valence-electron chi connectivity index (χ1n) is 9.79. The topological polar surface area (TPSA) is 41.9 Å². The number of ether oxygens (including phenoxy) is 1. The molecule has 1 heterocycles. The number of Topliss-reactive ketones (excluding diaryl/α,β-unsaturated/α-hetero) is 1. The lowest BCUT2D eigenvalue weighted by Crippen LogP contribution is -2.36. The zero-order chi connectivity index (χ0) is 19.1. The number of anilines is 1. The van der Waals surface area contributed by atoms with Crippen molar-refractivity contribution in [2.75, 3.05) is 24.6 Å². The Morgan fingerprint density at radius 3 is 2.50 bits per heavy atom. The first kappa shape index (κ1) is 22.2. The fourth-order valence-corrected chi connectivity index (χ4v) is 3.31. The highest BCUT2D eigenvalue weighted by molar-refractivity contribution is 8.93. The van der Waals surface area contributed by atoms with Gasteiger partial charge in [0.15, 0.2) is 5.78 Å². The summed E-state index contributed by atoms with van der Waals surface area (Å²) in [5.74, 6) is 2.56. The van der Waals surface area contributed by atoms with Crippen LogP contribution < -0.4 is 9.64 Å². The number of amidine groups is 1. The van der Waals surface area contributed by atoms with E-state index in [1.165, 1.54) is 0 Å². The van der Waals surface area contributed by atoms with Crippen LogP contribution in [0.5, 0.6) is 5.75 Å². The van der Waals surface area contributed by atoms with E-state index in [-0.39, 0.29) is 22.8 Å². The van der Waals surface area contributed by atoms with Crippen LogP contribution in [0.4, 0.5) is 5.69 Å². The number of carbonyl (C=O) groups is 1. The van der Waals surface area contributed by atoms with Crippen molar-refractivity contribution >= 4 is 34.3 Å². The van der Waals surface area contributed by atoms with Crippen LogP contribution in [-0.2, 0) is 0 Å². The van der Waals surface area contributed by atoms with Crippen molar-refractivity contribution in [2.45, 2.75) is 33.1 Å². The van der Waals surface area contributed by atoms with Gasteiger partial charge >= 0.3 is 0 Å². The zero-order valence-electron chi connectivity index (χ0n) is 16.6. The summed E-state index contributed by atoms with van der Waals surface area (Å²) in [5.41, 5.74) is 1.71. The molecule has 2 aromatic carbocycles. The molecule has 0 radical (unpaired) electrons. The second-order valence-electron chi connectivity index (χ2n) is 7.03. The lowest BCUT2D eigenvalue weighted by atomic mass is 10.0. The molecular formula is C23H29BrN2O2. The molecule has 1 aliphatic rings. The highest BCUT2D eigenvalue weighted by atomic mass is 79.9. The molecule has 5 heteroatoms. The fraction of sp³-hybridized carbons (Fsp3) is 0.391. The number of ketones is 1. The zero-order valence-corrected chi connectivity index (χ0v) is 18.3. The van der Waals surface area contributed by atoms with Gasteiger partial charge in [0.2, 0.25) is 0 Å². The largest absolute Gasteiger partial charge is 0.494 e. The summed E-state index contributed by atoms with van der Waals surface area (Å²) in [7, 11) is 0. The number of hydrogen-bond donors (Lipinski definition) is 0. The monoisotopic (exact) mass is 444 g/mol. The lowest BCUT2D eigenvalue weighted by molar-refractivity contribution is 0.100. The van der Waals surface area contributed by atoms with E-state index >= 15 is 0 Å². The maximum atomic E-state index is 13.0. The molecule has 150 valence electrons. The van der Waals surface area contributed by atoms with Gasteiger partial charge in [-0.2, -0.15) is 0 Å². The summed E-state index contributed by atoms with van der Waals surface area (Å²) in [6, 6.07) is 17.5. The van der Waals surface area contributed by atoms with E-state index in [1.807, 2.05) is 61.5 Å². The normalized spacial score (nSPS) is 16.4. The predicted octanol–water partition coefficient (Wildman–Crippen LogP) is 5.57. The van der Waals surface area contributed by atoms with Crippen molar-refractivity contribution in [2.24, 2.45) is 10.9 Å². The minimum atomic E-state index is 0. The molecule has 0 aliphatic carbocycles. The van der Waals surface area contributed by atoms with Gasteiger partial charge in [-0.15, -0.1) is 17.0 Å². The molecule has 0 spiro atoms. The molecule has 0 bridgehead atoms. The Morgan fingerprint density at radius 2 is 1.82 bits per heavy atom. The van der Waals surface area contributed by atoms with Crippen LogP contribution in [0.15, 0.2) is 59.6 Å². The molecule has 0 fully saturated rings. The molecule has 1 unspecified atom stereocenters. The van der Waals surface area contributed by atoms with Crippen molar-refractivity contribution < 1.29 is 9.53 Å². The molecule has 0 saturated heterocycles.